The molecule has 20 heavy (non-hydrogen) atoms. The third-order valence-corrected chi connectivity index (χ3v) is 2.52. The van der Waals surface area contributed by atoms with Crippen molar-refractivity contribution in [1.82, 2.24) is 15.0 Å². The minimum absolute atomic E-state index is 0.124. The summed E-state index contributed by atoms with van der Waals surface area (Å²) in [5.74, 6) is 0.720. The van der Waals surface area contributed by atoms with Gasteiger partial charge < -0.3 is 10.1 Å². The van der Waals surface area contributed by atoms with Gasteiger partial charge in [0, 0.05) is 12.7 Å². The van der Waals surface area contributed by atoms with Gasteiger partial charge in [-0.25, -0.2) is 9.97 Å². The highest BCUT2D eigenvalue weighted by Gasteiger charge is 2.22. The van der Waals surface area contributed by atoms with Gasteiger partial charge in [-0.15, -0.1) is 0 Å². The monoisotopic (exact) mass is 275 g/mol. The minimum Gasteiger partial charge on any atom is -0.494 e. The van der Waals surface area contributed by atoms with E-state index in [1.165, 1.54) is 13.3 Å². The van der Waals surface area contributed by atoms with Crippen molar-refractivity contribution in [2.45, 2.75) is 6.92 Å². The fourth-order valence-electron chi connectivity index (χ4n) is 1.66. The SMILES string of the molecule is CCNc1ncc([N+](=O)[O-])c(-c2ncccc2OC)n1. The predicted octanol–water partition coefficient (Wildman–Crippen LogP) is 1.89. The maximum atomic E-state index is 11.1. The third kappa shape index (κ3) is 2.63. The number of ether oxygens (including phenoxy) is 1. The first-order chi connectivity index (χ1) is 9.67. The molecule has 0 aliphatic carbocycles. The topological polar surface area (TPSA) is 103 Å². The molecule has 0 bridgehead atoms. The summed E-state index contributed by atoms with van der Waals surface area (Å²) in [5, 5.41) is 14.0. The van der Waals surface area contributed by atoms with E-state index in [0.29, 0.717) is 23.9 Å². The standard InChI is InChI=1S/C12H13N5O3/c1-3-13-12-15-7-8(17(18)19)10(16-12)11-9(20-2)5-4-6-14-11/h4-7H,3H2,1-2H3,(H,13,15,16). The first-order valence-corrected chi connectivity index (χ1v) is 5.92. The van der Waals surface area contributed by atoms with Gasteiger partial charge in [0.05, 0.1) is 12.0 Å². The van der Waals surface area contributed by atoms with Gasteiger partial charge in [-0.3, -0.25) is 15.1 Å². The molecule has 2 aromatic heterocycles. The van der Waals surface area contributed by atoms with Gasteiger partial charge in [-0.05, 0) is 19.1 Å². The molecule has 0 spiro atoms. The van der Waals surface area contributed by atoms with Gasteiger partial charge in [0.15, 0.2) is 5.69 Å². The molecular formula is C12H13N5O3. The molecule has 0 aliphatic heterocycles. The number of rotatable bonds is 5. The molecule has 0 amide bonds. The molecule has 2 heterocycles. The molecule has 0 aromatic carbocycles. The summed E-state index contributed by atoms with van der Waals surface area (Å²) in [6, 6.07) is 3.35. The Morgan fingerprint density at radius 1 is 1.40 bits per heavy atom. The highest BCUT2D eigenvalue weighted by Crippen LogP contribution is 2.32. The van der Waals surface area contributed by atoms with Crippen LogP contribution in [0.25, 0.3) is 11.4 Å². The van der Waals surface area contributed by atoms with Crippen molar-refractivity contribution in [3.05, 3.63) is 34.6 Å². The molecular weight excluding hydrogens is 262 g/mol. The van der Waals surface area contributed by atoms with Gasteiger partial charge >= 0.3 is 5.69 Å². The predicted molar refractivity (Wildman–Crippen MR) is 72.6 cm³/mol. The van der Waals surface area contributed by atoms with Gasteiger partial charge in [0.1, 0.15) is 17.6 Å². The van der Waals surface area contributed by atoms with Crippen LogP contribution in [0.1, 0.15) is 6.92 Å². The van der Waals surface area contributed by atoms with E-state index in [1.807, 2.05) is 6.92 Å². The van der Waals surface area contributed by atoms with Crippen LogP contribution in [-0.4, -0.2) is 33.5 Å². The average Bonchev–Trinajstić information content (AvgIpc) is 2.47. The molecule has 0 fully saturated rings. The Balaban J connectivity index is 2.62. The summed E-state index contributed by atoms with van der Waals surface area (Å²) < 4.78 is 5.17. The van der Waals surface area contributed by atoms with E-state index < -0.39 is 4.92 Å². The lowest BCUT2D eigenvalue weighted by atomic mass is 10.2. The molecule has 0 aliphatic rings. The highest BCUT2D eigenvalue weighted by atomic mass is 16.6. The van der Waals surface area contributed by atoms with Crippen molar-refractivity contribution in [2.75, 3.05) is 19.0 Å². The highest BCUT2D eigenvalue weighted by molar-refractivity contribution is 5.71. The quantitative estimate of drug-likeness (QED) is 0.656. The Morgan fingerprint density at radius 3 is 2.85 bits per heavy atom. The van der Waals surface area contributed by atoms with E-state index in [-0.39, 0.29) is 11.4 Å². The Hall–Kier alpha value is -2.77. The van der Waals surface area contributed by atoms with E-state index in [0.717, 1.165) is 6.20 Å². The van der Waals surface area contributed by atoms with Crippen LogP contribution in [-0.2, 0) is 0 Å². The van der Waals surface area contributed by atoms with E-state index in [2.05, 4.69) is 20.3 Å². The van der Waals surface area contributed by atoms with E-state index in [4.69, 9.17) is 4.74 Å². The first kappa shape index (κ1) is 13.7. The summed E-state index contributed by atoms with van der Waals surface area (Å²) in [7, 11) is 1.47. The minimum atomic E-state index is -0.542. The number of hydrogen-bond acceptors (Lipinski definition) is 7. The van der Waals surface area contributed by atoms with Gasteiger partial charge in [-0.2, -0.15) is 0 Å². The van der Waals surface area contributed by atoms with Gasteiger partial charge in [-0.1, -0.05) is 0 Å². The van der Waals surface area contributed by atoms with Crippen LogP contribution in [0.15, 0.2) is 24.5 Å². The number of methoxy groups -OCH3 is 1. The zero-order chi connectivity index (χ0) is 14.5. The van der Waals surface area contributed by atoms with Crippen molar-refractivity contribution >= 4 is 11.6 Å². The molecule has 8 nitrogen and oxygen atoms in total. The number of hydrogen-bond donors (Lipinski definition) is 1. The molecule has 0 atom stereocenters. The van der Waals surface area contributed by atoms with Gasteiger partial charge in [0.25, 0.3) is 0 Å². The van der Waals surface area contributed by atoms with Crippen molar-refractivity contribution in [1.29, 1.82) is 0 Å². The number of nitro groups is 1. The molecule has 8 heteroatoms. The maximum absolute atomic E-state index is 11.1. The second-order valence-corrected chi connectivity index (χ2v) is 3.77. The molecule has 1 N–H and O–H groups in total. The lowest BCUT2D eigenvalue weighted by molar-refractivity contribution is -0.384. The third-order valence-electron chi connectivity index (χ3n) is 2.52. The van der Waals surface area contributed by atoms with Crippen molar-refractivity contribution in [2.24, 2.45) is 0 Å². The molecule has 2 aromatic rings. The second kappa shape index (κ2) is 5.91. The van der Waals surface area contributed by atoms with Crippen LogP contribution in [0.2, 0.25) is 0 Å². The number of aromatic nitrogens is 3. The average molecular weight is 275 g/mol. The number of anilines is 1. The molecule has 104 valence electrons. The summed E-state index contributed by atoms with van der Waals surface area (Å²) in [4.78, 5) is 22.7. The fourth-order valence-corrected chi connectivity index (χ4v) is 1.66. The van der Waals surface area contributed by atoms with Crippen LogP contribution in [0.5, 0.6) is 5.75 Å². The zero-order valence-electron chi connectivity index (χ0n) is 11.0. The maximum Gasteiger partial charge on any atom is 0.315 e. The molecule has 0 radical (unpaired) electrons. The van der Waals surface area contributed by atoms with E-state index in [1.54, 1.807) is 12.1 Å². The van der Waals surface area contributed by atoms with E-state index >= 15 is 0 Å². The molecule has 2 rings (SSSR count). The Kier molecular flexibility index (Phi) is 4.04. The molecule has 0 saturated carbocycles. The Bertz CT molecular complexity index is 632. The van der Waals surface area contributed by atoms with Crippen molar-refractivity contribution < 1.29 is 9.66 Å². The number of pyridine rings is 1. The van der Waals surface area contributed by atoms with Crippen LogP contribution >= 0.6 is 0 Å². The van der Waals surface area contributed by atoms with E-state index in [9.17, 15) is 10.1 Å². The summed E-state index contributed by atoms with van der Waals surface area (Å²) in [6.45, 7) is 2.49. The van der Waals surface area contributed by atoms with Crippen LogP contribution < -0.4 is 10.1 Å². The lowest BCUT2D eigenvalue weighted by Crippen LogP contribution is -2.06. The Morgan fingerprint density at radius 2 is 2.20 bits per heavy atom. The Labute approximate surface area is 115 Å². The number of nitrogens with one attached hydrogen (secondary N) is 1. The summed E-state index contributed by atoms with van der Waals surface area (Å²) in [5.41, 5.74) is 0.213. The smallest absolute Gasteiger partial charge is 0.315 e. The second-order valence-electron chi connectivity index (χ2n) is 3.77. The molecule has 0 unspecified atom stereocenters. The van der Waals surface area contributed by atoms with Crippen LogP contribution in [0, 0.1) is 10.1 Å². The van der Waals surface area contributed by atoms with Crippen molar-refractivity contribution in [3.8, 4) is 17.1 Å². The first-order valence-electron chi connectivity index (χ1n) is 5.92. The summed E-state index contributed by atoms with van der Waals surface area (Å²) >= 11 is 0. The molecule has 0 saturated heterocycles. The van der Waals surface area contributed by atoms with Crippen LogP contribution in [0.4, 0.5) is 11.6 Å². The lowest BCUT2D eigenvalue weighted by Gasteiger charge is -2.08. The largest absolute Gasteiger partial charge is 0.494 e. The van der Waals surface area contributed by atoms with Crippen molar-refractivity contribution in [3.63, 3.8) is 0 Å². The zero-order valence-corrected chi connectivity index (χ0v) is 11.0. The van der Waals surface area contributed by atoms with Crippen LogP contribution in [0.3, 0.4) is 0 Å². The normalized spacial score (nSPS) is 10.1. The van der Waals surface area contributed by atoms with Gasteiger partial charge in [0.2, 0.25) is 5.95 Å². The number of nitrogens with zero attached hydrogens (tertiary/aromatic N) is 4. The fraction of sp³-hybridized carbons (Fsp3) is 0.250. The summed E-state index contributed by atoms with van der Waals surface area (Å²) in [6.07, 6.45) is 2.69.